The summed E-state index contributed by atoms with van der Waals surface area (Å²) in [5, 5.41) is 4.17. The molecule has 0 saturated heterocycles. The molecule has 0 fully saturated rings. The van der Waals surface area contributed by atoms with Crippen LogP contribution in [0.4, 0.5) is 11.5 Å². The van der Waals surface area contributed by atoms with E-state index in [-0.39, 0.29) is 12.2 Å². The number of hydrogen-bond donors (Lipinski definition) is 1. The molecular formula is C19H14BrN3O. The lowest BCUT2D eigenvalue weighted by Crippen LogP contribution is -2.00. The average molecular weight is 380 g/mol. The van der Waals surface area contributed by atoms with Gasteiger partial charge in [-0.15, -0.1) is 0 Å². The van der Waals surface area contributed by atoms with Gasteiger partial charge in [-0.25, -0.2) is 9.97 Å². The van der Waals surface area contributed by atoms with Crippen LogP contribution in [-0.4, -0.2) is 15.8 Å². The Morgan fingerprint density at radius 2 is 2.08 bits per heavy atom. The highest BCUT2D eigenvalue weighted by Gasteiger charge is 2.07. The second kappa shape index (κ2) is 7.24. The van der Waals surface area contributed by atoms with Gasteiger partial charge in [-0.3, -0.25) is 4.79 Å². The summed E-state index contributed by atoms with van der Waals surface area (Å²) in [5.74, 6) is 5.80. The average Bonchev–Trinajstić information content (AvgIpc) is 2.56. The molecule has 1 aromatic heterocycles. The van der Waals surface area contributed by atoms with Crippen molar-refractivity contribution < 1.29 is 4.79 Å². The second-order valence-electron chi connectivity index (χ2n) is 5.18. The summed E-state index contributed by atoms with van der Waals surface area (Å²) in [7, 11) is 0. The van der Waals surface area contributed by atoms with E-state index in [9.17, 15) is 4.79 Å². The van der Waals surface area contributed by atoms with Crippen LogP contribution in [0.3, 0.4) is 0 Å². The van der Waals surface area contributed by atoms with Crippen LogP contribution in [0, 0.1) is 11.8 Å². The Hall–Kier alpha value is -2.71. The van der Waals surface area contributed by atoms with Crippen molar-refractivity contribution in [3.8, 4) is 11.8 Å². The predicted octanol–water partition coefficient (Wildman–Crippen LogP) is 4.27. The fourth-order valence-corrected chi connectivity index (χ4v) is 2.78. The number of Topliss-reactive ketones (excluding diaryl/α,β-unsaturated/α-hetero) is 1. The molecule has 0 unspecified atom stereocenters. The lowest BCUT2D eigenvalue weighted by atomic mass is 10.1. The first kappa shape index (κ1) is 16.2. The van der Waals surface area contributed by atoms with Gasteiger partial charge in [0.2, 0.25) is 5.78 Å². The van der Waals surface area contributed by atoms with Crippen molar-refractivity contribution in [2.75, 3.05) is 5.32 Å². The van der Waals surface area contributed by atoms with E-state index in [0.717, 1.165) is 26.6 Å². The number of carbonyl (C=O) groups is 1. The molecule has 118 valence electrons. The minimum absolute atomic E-state index is 0.102. The van der Waals surface area contributed by atoms with E-state index in [4.69, 9.17) is 0 Å². The van der Waals surface area contributed by atoms with Gasteiger partial charge in [0.05, 0.1) is 5.52 Å². The molecule has 24 heavy (non-hydrogen) atoms. The van der Waals surface area contributed by atoms with Gasteiger partial charge in [0.15, 0.2) is 0 Å². The predicted molar refractivity (Wildman–Crippen MR) is 99.1 cm³/mol. The Kier molecular flexibility index (Phi) is 4.88. The Balaban J connectivity index is 1.97. The van der Waals surface area contributed by atoms with Crippen LogP contribution in [0.5, 0.6) is 0 Å². The molecule has 0 bridgehead atoms. The molecule has 0 amide bonds. The summed E-state index contributed by atoms with van der Waals surface area (Å²) in [4.78, 5) is 20.4. The molecule has 3 rings (SSSR count). The van der Waals surface area contributed by atoms with Gasteiger partial charge in [0, 0.05) is 22.0 Å². The number of halogens is 1. The van der Waals surface area contributed by atoms with E-state index in [2.05, 4.69) is 43.1 Å². The summed E-state index contributed by atoms with van der Waals surface area (Å²) in [5.41, 5.74) is 2.63. The second-order valence-corrected chi connectivity index (χ2v) is 6.10. The number of nitrogens with one attached hydrogen (secondary N) is 1. The largest absolute Gasteiger partial charge is 0.340 e. The van der Waals surface area contributed by atoms with Crippen LogP contribution in [0.25, 0.3) is 10.9 Å². The zero-order chi connectivity index (χ0) is 16.9. The van der Waals surface area contributed by atoms with Gasteiger partial charge in [0.1, 0.15) is 12.1 Å². The van der Waals surface area contributed by atoms with Crippen LogP contribution in [0.1, 0.15) is 12.5 Å². The number of hydrogen-bond acceptors (Lipinski definition) is 4. The molecule has 5 heteroatoms. The normalized spacial score (nSPS) is 10.1. The highest BCUT2D eigenvalue weighted by atomic mass is 79.9. The number of benzene rings is 2. The van der Waals surface area contributed by atoms with Gasteiger partial charge >= 0.3 is 0 Å². The van der Waals surface area contributed by atoms with Crippen molar-refractivity contribution in [3.63, 3.8) is 0 Å². The summed E-state index contributed by atoms with van der Waals surface area (Å²) < 4.78 is 0.982. The Morgan fingerprint density at radius 3 is 2.88 bits per heavy atom. The fourth-order valence-electron chi connectivity index (χ4n) is 2.39. The van der Waals surface area contributed by atoms with E-state index >= 15 is 0 Å². The molecular weight excluding hydrogens is 366 g/mol. The molecule has 0 saturated carbocycles. The summed E-state index contributed by atoms with van der Waals surface area (Å²) in [6.45, 7) is 1.66. The standard InChI is InChI=1S/C19H14BrN3O/c1-2-4-16(24)9-13-7-8-18-17(10-13)19(22-12-21-18)23-15-6-3-5-14(20)11-15/h3,5-8,10-12H,9H2,1H3,(H,21,22,23). The Bertz CT molecular complexity index is 973. The van der Waals surface area contributed by atoms with E-state index in [0.29, 0.717) is 5.82 Å². The van der Waals surface area contributed by atoms with Gasteiger partial charge in [-0.1, -0.05) is 34.0 Å². The van der Waals surface area contributed by atoms with Gasteiger partial charge in [-0.2, -0.15) is 0 Å². The number of aromatic nitrogens is 2. The number of nitrogens with zero attached hydrogens (tertiary/aromatic N) is 2. The number of fused-ring (bicyclic) bond motifs is 1. The molecule has 0 radical (unpaired) electrons. The van der Waals surface area contributed by atoms with Crippen LogP contribution in [-0.2, 0) is 11.2 Å². The number of rotatable bonds is 4. The zero-order valence-electron chi connectivity index (χ0n) is 13.0. The van der Waals surface area contributed by atoms with Crippen LogP contribution in [0.15, 0.2) is 53.3 Å². The maximum absolute atomic E-state index is 11.7. The molecule has 1 heterocycles. The molecule has 4 nitrogen and oxygen atoms in total. The molecule has 0 spiro atoms. The number of carbonyl (C=O) groups excluding carboxylic acids is 1. The summed E-state index contributed by atoms with van der Waals surface area (Å²) in [6.07, 6.45) is 1.80. The van der Waals surface area contributed by atoms with Crippen LogP contribution < -0.4 is 5.32 Å². The summed E-state index contributed by atoms with van der Waals surface area (Å²) in [6, 6.07) is 13.6. The van der Waals surface area contributed by atoms with E-state index < -0.39 is 0 Å². The lowest BCUT2D eigenvalue weighted by Gasteiger charge is -2.09. The van der Waals surface area contributed by atoms with Gasteiger partial charge in [0.25, 0.3) is 0 Å². The highest BCUT2D eigenvalue weighted by Crippen LogP contribution is 2.25. The minimum atomic E-state index is -0.102. The van der Waals surface area contributed by atoms with Gasteiger partial charge < -0.3 is 5.32 Å². The van der Waals surface area contributed by atoms with Gasteiger partial charge in [-0.05, 0) is 48.7 Å². The topological polar surface area (TPSA) is 54.9 Å². The van der Waals surface area contributed by atoms with Crippen molar-refractivity contribution in [3.05, 3.63) is 58.8 Å². The summed E-state index contributed by atoms with van der Waals surface area (Å²) >= 11 is 3.46. The third-order valence-electron chi connectivity index (χ3n) is 3.42. The molecule has 1 N–H and O–H groups in total. The fraction of sp³-hybridized carbons (Fsp3) is 0.105. The zero-order valence-corrected chi connectivity index (χ0v) is 14.6. The molecule has 2 aromatic carbocycles. The third-order valence-corrected chi connectivity index (χ3v) is 3.91. The van der Waals surface area contributed by atoms with Crippen LogP contribution in [0.2, 0.25) is 0 Å². The Morgan fingerprint density at radius 1 is 1.21 bits per heavy atom. The monoisotopic (exact) mass is 379 g/mol. The van der Waals surface area contributed by atoms with E-state index in [1.54, 1.807) is 6.92 Å². The molecule has 3 aromatic rings. The van der Waals surface area contributed by atoms with E-state index in [1.807, 2.05) is 42.5 Å². The van der Waals surface area contributed by atoms with Crippen LogP contribution >= 0.6 is 15.9 Å². The molecule has 0 atom stereocenters. The molecule has 0 aliphatic heterocycles. The maximum Gasteiger partial charge on any atom is 0.209 e. The first-order chi connectivity index (χ1) is 11.7. The van der Waals surface area contributed by atoms with Crippen molar-refractivity contribution in [1.29, 1.82) is 0 Å². The Labute approximate surface area is 148 Å². The highest BCUT2D eigenvalue weighted by molar-refractivity contribution is 9.10. The van der Waals surface area contributed by atoms with Crippen molar-refractivity contribution >= 4 is 44.1 Å². The van der Waals surface area contributed by atoms with Crippen molar-refractivity contribution in [2.24, 2.45) is 0 Å². The minimum Gasteiger partial charge on any atom is -0.340 e. The van der Waals surface area contributed by atoms with E-state index in [1.165, 1.54) is 6.33 Å². The quantitative estimate of drug-likeness (QED) is 0.543. The lowest BCUT2D eigenvalue weighted by molar-refractivity contribution is -0.113. The maximum atomic E-state index is 11.7. The smallest absolute Gasteiger partial charge is 0.209 e. The van der Waals surface area contributed by atoms with Crippen molar-refractivity contribution in [2.45, 2.75) is 13.3 Å². The number of ketones is 1. The number of anilines is 2. The first-order valence-corrected chi connectivity index (χ1v) is 8.17. The SMILES string of the molecule is CC#CC(=O)Cc1ccc2ncnc(Nc3cccc(Br)c3)c2c1. The van der Waals surface area contributed by atoms with Crippen molar-refractivity contribution in [1.82, 2.24) is 9.97 Å². The first-order valence-electron chi connectivity index (χ1n) is 7.37. The molecule has 0 aliphatic carbocycles. The molecule has 0 aliphatic rings. The third kappa shape index (κ3) is 3.79.